The fourth-order valence-electron chi connectivity index (χ4n) is 2.18. The monoisotopic (exact) mass is 277 g/mol. The second kappa shape index (κ2) is 6.22. The number of anilines is 1. The molecule has 1 nitrogen and oxygen atoms in total. The Morgan fingerprint density at radius 1 is 0.700 bits per heavy atom. The molecule has 0 atom stereocenters. The summed E-state index contributed by atoms with van der Waals surface area (Å²) in [7, 11) is 0. The fraction of sp³-hybridized carbons (Fsp3) is 0. The second-order valence-corrected chi connectivity index (χ2v) is 5.22. The normalized spacial score (nSPS) is 11.2. The summed E-state index contributed by atoms with van der Waals surface area (Å²) in [4.78, 5) is 0. The molecular formula is C18H15NS. The van der Waals surface area contributed by atoms with Gasteiger partial charge in [-0.05, 0) is 34.0 Å². The minimum absolute atomic E-state index is 1.17. The number of benzene rings is 2. The van der Waals surface area contributed by atoms with Crippen molar-refractivity contribution in [3.05, 3.63) is 83.2 Å². The van der Waals surface area contributed by atoms with E-state index in [2.05, 4.69) is 53.9 Å². The maximum absolute atomic E-state index is 3.29. The molecule has 1 N–H and O–H groups in total. The van der Waals surface area contributed by atoms with E-state index >= 15 is 0 Å². The summed E-state index contributed by atoms with van der Waals surface area (Å²) in [6.45, 7) is 0. The lowest BCUT2D eigenvalue weighted by Crippen LogP contribution is -1.87. The van der Waals surface area contributed by atoms with Gasteiger partial charge in [0.1, 0.15) is 0 Å². The molecule has 0 radical (unpaired) electrons. The van der Waals surface area contributed by atoms with Crippen LogP contribution in [0.15, 0.2) is 77.6 Å². The van der Waals surface area contributed by atoms with Crippen molar-refractivity contribution in [2.75, 3.05) is 5.32 Å². The van der Waals surface area contributed by atoms with Gasteiger partial charge >= 0.3 is 0 Å². The Morgan fingerprint density at radius 3 is 2.15 bits per heavy atom. The van der Waals surface area contributed by atoms with Gasteiger partial charge in [0.15, 0.2) is 0 Å². The fourth-order valence-corrected chi connectivity index (χ4v) is 2.63. The minimum Gasteiger partial charge on any atom is -0.361 e. The van der Waals surface area contributed by atoms with Crippen LogP contribution in [0.2, 0.25) is 0 Å². The van der Waals surface area contributed by atoms with E-state index in [-0.39, 0.29) is 0 Å². The summed E-state index contributed by atoms with van der Waals surface area (Å²) in [5.41, 5.74) is 4.97. The van der Waals surface area contributed by atoms with Crippen LogP contribution in [0.3, 0.4) is 0 Å². The van der Waals surface area contributed by atoms with Crippen molar-refractivity contribution in [2.24, 2.45) is 0 Å². The molecule has 2 heterocycles. The molecule has 20 heavy (non-hydrogen) atoms. The molecule has 0 unspecified atom stereocenters. The molecule has 0 saturated heterocycles. The van der Waals surface area contributed by atoms with Crippen molar-refractivity contribution < 1.29 is 0 Å². The molecule has 2 aromatic carbocycles. The van der Waals surface area contributed by atoms with Crippen molar-refractivity contribution in [3.8, 4) is 11.1 Å². The zero-order chi connectivity index (χ0) is 13.6. The Balaban J connectivity index is 0.000000205. The van der Waals surface area contributed by atoms with Crippen LogP contribution in [0.1, 0.15) is 5.56 Å². The lowest BCUT2D eigenvalue weighted by Gasteiger charge is -2.08. The van der Waals surface area contributed by atoms with Crippen molar-refractivity contribution in [1.29, 1.82) is 0 Å². The van der Waals surface area contributed by atoms with Crippen LogP contribution in [0.5, 0.6) is 0 Å². The summed E-state index contributed by atoms with van der Waals surface area (Å²) in [6, 6.07) is 20.8. The van der Waals surface area contributed by atoms with Gasteiger partial charge in [0.2, 0.25) is 0 Å². The van der Waals surface area contributed by atoms with Gasteiger partial charge in [-0.1, -0.05) is 54.6 Å². The highest BCUT2D eigenvalue weighted by molar-refractivity contribution is 7.07. The number of rotatable bonds is 0. The average Bonchev–Trinajstić information content (AvgIpc) is 3.03. The molecule has 3 aromatic rings. The summed E-state index contributed by atoms with van der Waals surface area (Å²) in [5, 5.41) is 7.37. The van der Waals surface area contributed by atoms with Gasteiger partial charge in [0.05, 0.1) is 0 Å². The topological polar surface area (TPSA) is 12.0 Å². The van der Waals surface area contributed by atoms with E-state index in [1.165, 1.54) is 22.4 Å². The maximum atomic E-state index is 3.29. The highest BCUT2D eigenvalue weighted by Gasteiger charge is 2.08. The predicted molar refractivity (Wildman–Crippen MR) is 88.9 cm³/mol. The van der Waals surface area contributed by atoms with E-state index in [0.29, 0.717) is 0 Å². The molecule has 1 aliphatic heterocycles. The van der Waals surface area contributed by atoms with E-state index in [9.17, 15) is 0 Å². The number of nitrogens with one attached hydrogen (secondary N) is 1. The Labute approximate surface area is 123 Å². The molecule has 1 aromatic heterocycles. The van der Waals surface area contributed by atoms with Crippen LogP contribution in [-0.4, -0.2) is 0 Å². The number of hydrogen-bond donors (Lipinski definition) is 1. The summed E-state index contributed by atoms with van der Waals surface area (Å²) >= 11 is 1.71. The van der Waals surface area contributed by atoms with Gasteiger partial charge in [0, 0.05) is 17.5 Å². The highest BCUT2D eigenvalue weighted by atomic mass is 32.1. The standard InChI is InChI=1S/C14H11N.C4H4S/c1-2-6-12-11(5-1)9-10-15-14-8-4-3-7-13(12)14;1-2-4-5-3-1/h1-10,15H;1-4H. The van der Waals surface area contributed by atoms with Gasteiger partial charge in [-0.3, -0.25) is 0 Å². The molecule has 2 heteroatoms. The highest BCUT2D eigenvalue weighted by Crippen LogP contribution is 2.33. The molecule has 4 rings (SSSR count). The lowest BCUT2D eigenvalue weighted by molar-refractivity contribution is 1.58. The summed E-state index contributed by atoms with van der Waals surface area (Å²) in [5.74, 6) is 0. The first kappa shape index (κ1) is 12.7. The first-order chi connectivity index (χ1) is 9.95. The van der Waals surface area contributed by atoms with E-state index < -0.39 is 0 Å². The van der Waals surface area contributed by atoms with E-state index in [4.69, 9.17) is 0 Å². The third kappa shape index (κ3) is 2.81. The number of para-hydroxylation sites is 1. The quantitative estimate of drug-likeness (QED) is 0.572. The van der Waals surface area contributed by atoms with Gasteiger partial charge in [-0.15, -0.1) is 0 Å². The van der Waals surface area contributed by atoms with Crippen LogP contribution in [-0.2, 0) is 0 Å². The van der Waals surface area contributed by atoms with Gasteiger partial charge in [0.25, 0.3) is 0 Å². The minimum atomic E-state index is 1.17. The zero-order valence-electron chi connectivity index (χ0n) is 11.0. The third-order valence-electron chi connectivity index (χ3n) is 3.11. The van der Waals surface area contributed by atoms with Crippen molar-refractivity contribution in [1.82, 2.24) is 0 Å². The average molecular weight is 277 g/mol. The molecule has 0 fully saturated rings. The Morgan fingerprint density at radius 2 is 1.40 bits per heavy atom. The number of thiophene rings is 1. The second-order valence-electron chi connectivity index (χ2n) is 4.40. The molecule has 0 spiro atoms. The van der Waals surface area contributed by atoms with Gasteiger partial charge < -0.3 is 5.32 Å². The number of fused-ring (bicyclic) bond motifs is 3. The van der Waals surface area contributed by atoms with E-state index in [1.54, 1.807) is 11.3 Å². The zero-order valence-corrected chi connectivity index (χ0v) is 11.8. The SMILES string of the molecule is C1=Cc2ccccc2-c2ccccc2N1.c1ccsc1. The first-order valence-corrected chi connectivity index (χ1v) is 7.48. The van der Waals surface area contributed by atoms with Crippen LogP contribution < -0.4 is 5.32 Å². The molecule has 0 saturated carbocycles. The molecule has 98 valence electrons. The Kier molecular flexibility index (Phi) is 3.95. The Bertz CT molecular complexity index is 682. The maximum Gasteiger partial charge on any atom is 0.0459 e. The molecular weight excluding hydrogens is 262 g/mol. The van der Waals surface area contributed by atoms with Crippen molar-refractivity contribution in [2.45, 2.75) is 0 Å². The molecule has 0 bridgehead atoms. The van der Waals surface area contributed by atoms with Crippen LogP contribution >= 0.6 is 11.3 Å². The molecule has 0 amide bonds. The van der Waals surface area contributed by atoms with E-state index in [0.717, 1.165) is 0 Å². The summed E-state index contributed by atoms with van der Waals surface area (Å²) in [6.07, 6.45) is 4.10. The third-order valence-corrected chi connectivity index (χ3v) is 3.73. The number of hydrogen-bond acceptors (Lipinski definition) is 2. The molecule has 1 aliphatic rings. The smallest absolute Gasteiger partial charge is 0.0459 e. The van der Waals surface area contributed by atoms with Gasteiger partial charge in [-0.2, -0.15) is 11.3 Å². The van der Waals surface area contributed by atoms with Crippen LogP contribution in [0.25, 0.3) is 17.2 Å². The molecule has 0 aliphatic carbocycles. The first-order valence-electron chi connectivity index (χ1n) is 6.54. The van der Waals surface area contributed by atoms with Crippen LogP contribution in [0.4, 0.5) is 5.69 Å². The lowest BCUT2D eigenvalue weighted by atomic mass is 9.99. The van der Waals surface area contributed by atoms with Crippen molar-refractivity contribution in [3.63, 3.8) is 0 Å². The van der Waals surface area contributed by atoms with Crippen molar-refractivity contribution >= 4 is 23.1 Å². The van der Waals surface area contributed by atoms with Gasteiger partial charge in [-0.25, -0.2) is 0 Å². The largest absolute Gasteiger partial charge is 0.361 e. The summed E-state index contributed by atoms with van der Waals surface area (Å²) < 4.78 is 0. The van der Waals surface area contributed by atoms with Crippen LogP contribution in [0, 0.1) is 0 Å². The van der Waals surface area contributed by atoms with E-state index in [1.807, 2.05) is 35.2 Å². The Hall–Kier alpha value is -2.32. The predicted octanol–water partition coefficient (Wildman–Crippen LogP) is 5.50.